The summed E-state index contributed by atoms with van der Waals surface area (Å²) < 4.78 is 12.6. The van der Waals surface area contributed by atoms with E-state index in [2.05, 4.69) is 4.90 Å². The molecule has 0 spiro atoms. The summed E-state index contributed by atoms with van der Waals surface area (Å²) in [6.45, 7) is 4.38. The third kappa shape index (κ3) is 4.46. The molecule has 2 aromatic rings. The first-order chi connectivity index (χ1) is 16.3. The van der Waals surface area contributed by atoms with Gasteiger partial charge in [0.2, 0.25) is 0 Å². The van der Waals surface area contributed by atoms with Crippen LogP contribution in [0.25, 0.3) is 6.08 Å². The second kappa shape index (κ2) is 10.0. The van der Waals surface area contributed by atoms with Gasteiger partial charge in [-0.25, -0.2) is 0 Å². The number of morpholine rings is 1. The molecule has 1 aromatic carbocycles. The van der Waals surface area contributed by atoms with Gasteiger partial charge < -0.3 is 14.4 Å². The van der Waals surface area contributed by atoms with Crippen LogP contribution >= 0.6 is 24.0 Å². The second-order valence-corrected chi connectivity index (χ2v) is 9.60. The number of pyridine rings is 1. The van der Waals surface area contributed by atoms with Crippen molar-refractivity contribution in [3.63, 3.8) is 0 Å². The van der Waals surface area contributed by atoms with Gasteiger partial charge in [-0.15, -0.1) is 0 Å². The number of ether oxygens (including phenoxy) is 2. The van der Waals surface area contributed by atoms with E-state index in [0.717, 1.165) is 11.3 Å². The topological polar surface area (TPSA) is 87.8 Å². The van der Waals surface area contributed by atoms with Crippen LogP contribution in [0.15, 0.2) is 34.0 Å². The van der Waals surface area contributed by atoms with Crippen molar-refractivity contribution in [1.29, 1.82) is 5.26 Å². The lowest BCUT2D eigenvalue weighted by molar-refractivity contribution is -0.122. The average molecular weight is 497 g/mol. The van der Waals surface area contributed by atoms with Gasteiger partial charge in [0.25, 0.3) is 11.5 Å². The largest absolute Gasteiger partial charge is 0.497 e. The highest BCUT2D eigenvalue weighted by atomic mass is 32.2. The lowest BCUT2D eigenvalue weighted by atomic mass is 10.0. The summed E-state index contributed by atoms with van der Waals surface area (Å²) in [7, 11) is 3.26. The Balaban J connectivity index is 1.73. The molecule has 10 heteroatoms. The normalized spacial score (nSPS) is 17.4. The SMILES string of the molecule is COc1ccc(CN2C(=O)/C(=C/c3c(C)c(C#N)c(=O)n(C)c3N3CCOCC3)SC2=S)cc1. The van der Waals surface area contributed by atoms with Gasteiger partial charge in [0.15, 0.2) is 0 Å². The Hall–Kier alpha value is -3.13. The molecule has 0 unspecified atom stereocenters. The van der Waals surface area contributed by atoms with E-state index in [1.807, 2.05) is 30.3 Å². The number of methoxy groups -OCH3 is 1. The fourth-order valence-electron chi connectivity index (χ4n) is 4.05. The number of carbonyl (C=O) groups excluding carboxylic acids is 1. The zero-order chi connectivity index (χ0) is 24.4. The summed E-state index contributed by atoms with van der Waals surface area (Å²) in [4.78, 5) is 30.2. The Morgan fingerprint density at radius 1 is 1.24 bits per heavy atom. The number of benzene rings is 1. The molecule has 0 atom stereocenters. The van der Waals surface area contributed by atoms with Crippen LogP contribution in [-0.2, 0) is 23.1 Å². The molecule has 1 aromatic heterocycles. The highest BCUT2D eigenvalue weighted by Crippen LogP contribution is 2.36. The van der Waals surface area contributed by atoms with Gasteiger partial charge in [0.1, 0.15) is 27.5 Å². The lowest BCUT2D eigenvalue weighted by Gasteiger charge is -2.32. The number of anilines is 1. The Kier molecular flexibility index (Phi) is 7.07. The van der Waals surface area contributed by atoms with E-state index in [1.54, 1.807) is 32.1 Å². The van der Waals surface area contributed by atoms with Crippen LogP contribution in [0.5, 0.6) is 5.75 Å². The van der Waals surface area contributed by atoms with Crippen molar-refractivity contribution in [3.8, 4) is 11.8 Å². The number of aromatic nitrogens is 1. The van der Waals surface area contributed by atoms with Gasteiger partial charge in [-0.05, 0) is 36.3 Å². The van der Waals surface area contributed by atoms with E-state index in [9.17, 15) is 14.9 Å². The molecule has 0 radical (unpaired) electrons. The number of thiocarbonyl (C=S) groups is 1. The zero-order valence-corrected chi connectivity index (χ0v) is 20.8. The van der Waals surface area contributed by atoms with Gasteiger partial charge in [-0.3, -0.25) is 19.1 Å². The fourth-order valence-corrected chi connectivity index (χ4v) is 5.29. The molecule has 176 valence electrons. The Morgan fingerprint density at radius 2 is 1.91 bits per heavy atom. The molecule has 0 N–H and O–H groups in total. The van der Waals surface area contributed by atoms with Crippen LogP contribution in [0.1, 0.15) is 22.3 Å². The van der Waals surface area contributed by atoms with Gasteiger partial charge in [-0.2, -0.15) is 5.26 Å². The summed E-state index contributed by atoms with van der Waals surface area (Å²) in [6, 6.07) is 9.50. The lowest BCUT2D eigenvalue weighted by Crippen LogP contribution is -2.40. The molecule has 2 saturated heterocycles. The second-order valence-electron chi connectivity index (χ2n) is 7.93. The third-order valence-electron chi connectivity index (χ3n) is 5.93. The predicted molar refractivity (Wildman–Crippen MR) is 136 cm³/mol. The molecule has 2 fully saturated rings. The minimum absolute atomic E-state index is 0.0690. The number of hydrogen-bond donors (Lipinski definition) is 0. The van der Waals surface area contributed by atoms with Crippen molar-refractivity contribution < 1.29 is 14.3 Å². The van der Waals surface area contributed by atoms with Gasteiger partial charge in [-0.1, -0.05) is 36.1 Å². The summed E-state index contributed by atoms with van der Waals surface area (Å²) in [5.41, 5.74) is 1.86. The molecule has 0 saturated carbocycles. The molecular formula is C24H24N4O4S2. The van der Waals surface area contributed by atoms with Crippen LogP contribution in [0.2, 0.25) is 0 Å². The molecule has 2 aliphatic heterocycles. The van der Waals surface area contributed by atoms with E-state index in [-0.39, 0.29) is 17.0 Å². The zero-order valence-electron chi connectivity index (χ0n) is 19.2. The number of hydrogen-bond acceptors (Lipinski definition) is 8. The van der Waals surface area contributed by atoms with E-state index < -0.39 is 0 Å². The summed E-state index contributed by atoms with van der Waals surface area (Å²) >= 11 is 6.73. The van der Waals surface area contributed by atoms with Crippen LogP contribution in [0.3, 0.4) is 0 Å². The van der Waals surface area contributed by atoms with Crippen molar-refractivity contribution in [1.82, 2.24) is 9.47 Å². The smallest absolute Gasteiger partial charge is 0.270 e. The number of nitriles is 1. The van der Waals surface area contributed by atoms with Crippen LogP contribution in [0, 0.1) is 18.3 Å². The minimum Gasteiger partial charge on any atom is -0.497 e. The number of amides is 1. The quantitative estimate of drug-likeness (QED) is 0.461. The molecular weight excluding hydrogens is 472 g/mol. The van der Waals surface area contributed by atoms with Gasteiger partial charge in [0.05, 0.1) is 31.8 Å². The summed E-state index contributed by atoms with van der Waals surface area (Å²) in [5, 5.41) is 9.62. The summed E-state index contributed by atoms with van der Waals surface area (Å²) in [5.74, 6) is 1.21. The first-order valence-electron chi connectivity index (χ1n) is 10.7. The number of rotatable bonds is 5. The van der Waals surface area contributed by atoms with Crippen molar-refractivity contribution in [3.05, 3.63) is 61.8 Å². The maximum absolute atomic E-state index is 13.3. The number of thioether (sulfide) groups is 1. The standard InChI is InChI=1S/C24H24N4O4S2/c1-15-18(21(27-8-10-32-11-9-27)26(2)22(29)19(15)13-25)12-20-23(30)28(24(33)34-20)14-16-4-6-17(31-3)7-5-16/h4-7,12H,8-11,14H2,1-3H3/b20-12-. The number of carbonyl (C=O) groups is 1. The predicted octanol–water partition coefficient (Wildman–Crippen LogP) is 2.81. The Labute approximate surface area is 207 Å². The fraction of sp³-hybridized carbons (Fsp3) is 0.333. The van der Waals surface area contributed by atoms with Crippen LogP contribution in [0.4, 0.5) is 5.82 Å². The van der Waals surface area contributed by atoms with Crippen molar-refractivity contribution in [2.45, 2.75) is 13.5 Å². The third-order valence-corrected chi connectivity index (χ3v) is 7.31. The first kappa shape index (κ1) is 24.0. The van der Waals surface area contributed by atoms with E-state index in [0.29, 0.717) is 59.0 Å². The monoisotopic (exact) mass is 496 g/mol. The molecule has 0 bridgehead atoms. The van der Waals surface area contributed by atoms with Crippen molar-refractivity contribution >= 4 is 46.1 Å². The molecule has 1 amide bonds. The van der Waals surface area contributed by atoms with E-state index in [4.69, 9.17) is 21.7 Å². The molecule has 8 nitrogen and oxygen atoms in total. The van der Waals surface area contributed by atoms with Gasteiger partial charge >= 0.3 is 0 Å². The molecule has 0 aliphatic carbocycles. The maximum Gasteiger partial charge on any atom is 0.270 e. The van der Waals surface area contributed by atoms with Gasteiger partial charge in [0, 0.05) is 25.7 Å². The molecule has 4 rings (SSSR count). The average Bonchev–Trinajstić information content (AvgIpc) is 3.11. The maximum atomic E-state index is 13.3. The van der Waals surface area contributed by atoms with Crippen LogP contribution < -0.4 is 15.2 Å². The summed E-state index contributed by atoms with van der Waals surface area (Å²) in [6.07, 6.45) is 1.76. The minimum atomic E-state index is -0.356. The molecule has 3 heterocycles. The first-order valence-corrected chi connectivity index (χ1v) is 11.9. The number of nitrogens with zero attached hydrogens (tertiary/aromatic N) is 4. The Bertz CT molecular complexity index is 1270. The van der Waals surface area contributed by atoms with Crippen molar-refractivity contribution in [2.24, 2.45) is 7.05 Å². The van der Waals surface area contributed by atoms with E-state index in [1.165, 1.54) is 16.3 Å². The van der Waals surface area contributed by atoms with Crippen LogP contribution in [-0.4, -0.2) is 53.1 Å². The highest BCUT2D eigenvalue weighted by Gasteiger charge is 2.33. The molecule has 2 aliphatic rings. The Morgan fingerprint density at radius 3 is 2.53 bits per heavy atom. The highest BCUT2D eigenvalue weighted by molar-refractivity contribution is 8.26. The van der Waals surface area contributed by atoms with Crippen molar-refractivity contribution in [2.75, 3.05) is 38.3 Å². The van der Waals surface area contributed by atoms with E-state index >= 15 is 0 Å². The molecule has 34 heavy (non-hydrogen) atoms.